The van der Waals surface area contributed by atoms with Crippen LogP contribution in [0.25, 0.3) is 10.1 Å². The van der Waals surface area contributed by atoms with Crippen LogP contribution in [0.3, 0.4) is 0 Å². The highest BCUT2D eigenvalue weighted by Crippen LogP contribution is 2.36. The summed E-state index contributed by atoms with van der Waals surface area (Å²) in [6, 6.07) is 9.19. The van der Waals surface area contributed by atoms with E-state index in [2.05, 4.69) is 10.4 Å². The van der Waals surface area contributed by atoms with Crippen LogP contribution in [0.5, 0.6) is 0 Å². The van der Waals surface area contributed by atoms with Gasteiger partial charge in [0.25, 0.3) is 5.91 Å². The molecule has 2 aromatic heterocycles. The number of esters is 1. The summed E-state index contributed by atoms with van der Waals surface area (Å²) in [6.45, 7) is 1.86. The van der Waals surface area contributed by atoms with E-state index >= 15 is 0 Å². The number of aromatic nitrogens is 2. The minimum absolute atomic E-state index is 0.302. The van der Waals surface area contributed by atoms with Gasteiger partial charge in [-0.15, -0.1) is 11.3 Å². The van der Waals surface area contributed by atoms with Crippen molar-refractivity contribution in [3.05, 3.63) is 46.6 Å². The molecule has 0 aliphatic rings. The van der Waals surface area contributed by atoms with Gasteiger partial charge in [-0.1, -0.05) is 18.2 Å². The van der Waals surface area contributed by atoms with Crippen molar-refractivity contribution in [2.75, 3.05) is 12.4 Å². The molecule has 0 atom stereocenters. The molecule has 7 heteroatoms. The third-order valence-electron chi connectivity index (χ3n) is 3.55. The van der Waals surface area contributed by atoms with Gasteiger partial charge in [0.1, 0.15) is 4.88 Å². The number of thiophene rings is 1. The monoisotopic (exact) mass is 329 g/mol. The van der Waals surface area contributed by atoms with Crippen molar-refractivity contribution in [2.45, 2.75) is 6.92 Å². The standard InChI is InChI=1S/C16H15N3O3S/c1-9-8-11(18-19(9)2)15(20)17-13-10-6-4-5-7-12(10)23-14(13)16(21)22-3/h4-8H,1-3H3,(H,17,20). The lowest BCUT2D eigenvalue weighted by Crippen LogP contribution is -2.15. The van der Waals surface area contributed by atoms with Gasteiger partial charge in [0.05, 0.1) is 12.8 Å². The van der Waals surface area contributed by atoms with E-state index in [4.69, 9.17) is 4.74 Å². The van der Waals surface area contributed by atoms with E-state index in [1.807, 2.05) is 31.2 Å². The van der Waals surface area contributed by atoms with Crippen LogP contribution < -0.4 is 5.32 Å². The SMILES string of the molecule is COC(=O)c1sc2ccccc2c1NC(=O)c1cc(C)n(C)n1. The summed E-state index contributed by atoms with van der Waals surface area (Å²) in [5.41, 5.74) is 1.64. The molecule has 0 saturated heterocycles. The molecular weight excluding hydrogens is 314 g/mol. The summed E-state index contributed by atoms with van der Waals surface area (Å²) >= 11 is 1.29. The first kappa shape index (κ1) is 15.2. The summed E-state index contributed by atoms with van der Waals surface area (Å²) in [5, 5.41) is 7.76. The van der Waals surface area contributed by atoms with E-state index in [0.29, 0.717) is 16.3 Å². The van der Waals surface area contributed by atoms with Gasteiger partial charge in [-0.2, -0.15) is 5.10 Å². The molecular formula is C16H15N3O3S. The number of hydrogen-bond acceptors (Lipinski definition) is 5. The first-order valence-electron chi connectivity index (χ1n) is 6.93. The zero-order valence-corrected chi connectivity index (χ0v) is 13.7. The molecule has 0 fully saturated rings. The molecule has 1 aromatic carbocycles. The van der Waals surface area contributed by atoms with Gasteiger partial charge in [0.2, 0.25) is 0 Å². The second-order valence-electron chi connectivity index (χ2n) is 5.04. The highest BCUT2D eigenvalue weighted by atomic mass is 32.1. The Morgan fingerprint density at radius 2 is 2.04 bits per heavy atom. The number of nitrogens with zero attached hydrogens (tertiary/aromatic N) is 2. The molecule has 0 saturated carbocycles. The van der Waals surface area contributed by atoms with Gasteiger partial charge in [-0.3, -0.25) is 9.48 Å². The number of ether oxygens (including phenoxy) is 1. The van der Waals surface area contributed by atoms with E-state index in [-0.39, 0.29) is 5.91 Å². The van der Waals surface area contributed by atoms with Crippen molar-refractivity contribution < 1.29 is 14.3 Å². The number of benzene rings is 1. The Labute approximate surface area is 136 Å². The van der Waals surface area contributed by atoms with Crippen LogP contribution in [-0.2, 0) is 11.8 Å². The van der Waals surface area contributed by atoms with Crippen LogP contribution >= 0.6 is 11.3 Å². The van der Waals surface area contributed by atoms with Crippen molar-refractivity contribution >= 4 is 39.0 Å². The fourth-order valence-corrected chi connectivity index (χ4v) is 3.33. The average molecular weight is 329 g/mol. The predicted molar refractivity (Wildman–Crippen MR) is 89.1 cm³/mol. The van der Waals surface area contributed by atoms with Gasteiger partial charge in [-0.05, 0) is 19.1 Å². The highest BCUT2D eigenvalue weighted by molar-refractivity contribution is 7.21. The minimum Gasteiger partial charge on any atom is -0.465 e. The van der Waals surface area contributed by atoms with E-state index in [0.717, 1.165) is 15.8 Å². The van der Waals surface area contributed by atoms with Gasteiger partial charge in [0.15, 0.2) is 5.69 Å². The Morgan fingerprint density at radius 3 is 2.70 bits per heavy atom. The molecule has 118 valence electrons. The second-order valence-corrected chi connectivity index (χ2v) is 6.09. The first-order valence-corrected chi connectivity index (χ1v) is 7.74. The van der Waals surface area contributed by atoms with Crippen LogP contribution in [0.2, 0.25) is 0 Å². The van der Waals surface area contributed by atoms with Gasteiger partial charge < -0.3 is 10.1 Å². The van der Waals surface area contributed by atoms with Gasteiger partial charge in [-0.25, -0.2) is 4.79 Å². The van der Waals surface area contributed by atoms with Crippen molar-refractivity contribution in [1.82, 2.24) is 9.78 Å². The van der Waals surface area contributed by atoms with Crippen molar-refractivity contribution in [3.63, 3.8) is 0 Å². The molecule has 0 radical (unpaired) electrons. The van der Waals surface area contributed by atoms with Crippen LogP contribution in [0.15, 0.2) is 30.3 Å². The number of fused-ring (bicyclic) bond motifs is 1. The van der Waals surface area contributed by atoms with Crippen LogP contribution in [0.4, 0.5) is 5.69 Å². The number of carbonyl (C=O) groups excluding carboxylic acids is 2. The van der Waals surface area contributed by atoms with Crippen molar-refractivity contribution in [1.29, 1.82) is 0 Å². The molecule has 0 unspecified atom stereocenters. The van der Waals surface area contributed by atoms with E-state index < -0.39 is 5.97 Å². The molecule has 3 aromatic rings. The summed E-state index contributed by atoms with van der Waals surface area (Å²) in [5.74, 6) is -0.832. The number of aryl methyl sites for hydroxylation is 2. The highest BCUT2D eigenvalue weighted by Gasteiger charge is 2.22. The largest absolute Gasteiger partial charge is 0.465 e. The number of rotatable bonds is 3. The number of methoxy groups -OCH3 is 1. The molecule has 0 bridgehead atoms. The Kier molecular flexibility index (Phi) is 3.87. The van der Waals surface area contributed by atoms with Crippen LogP contribution in [0, 0.1) is 6.92 Å². The molecule has 23 heavy (non-hydrogen) atoms. The number of hydrogen-bond donors (Lipinski definition) is 1. The molecule has 2 heterocycles. The summed E-state index contributed by atoms with van der Waals surface area (Å²) < 4.78 is 7.35. The van der Waals surface area contributed by atoms with E-state index in [1.54, 1.807) is 17.8 Å². The smallest absolute Gasteiger partial charge is 0.350 e. The lowest BCUT2D eigenvalue weighted by molar-refractivity contribution is 0.0607. The average Bonchev–Trinajstić information content (AvgIpc) is 3.08. The topological polar surface area (TPSA) is 73.2 Å². The lowest BCUT2D eigenvalue weighted by atomic mass is 10.2. The summed E-state index contributed by atoms with van der Waals surface area (Å²) in [4.78, 5) is 24.8. The maximum atomic E-state index is 12.5. The minimum atomic E-state index is -0.473. The number of carbonyl (C=O) groups is 2. The Balaban J connectivity index is 2.04. The fourth-order valence-electron chi connectivity index (χ4n) is 2.26. The van der Waals surface area contributed by atoms with Crippen LogP contribution in [-0.4, -0.2) is 28.8 Å². The lowest BCUT2D eigenvalue weighted by Gasteiger charge is -2.05. The maximum Gasteiger partial charge on any atom is 0.350 e. The summed E-state index contributed by atoms with van der Waals surface area (Å²) in [7, 11) is 3.09. The Hall–Kier alpha value is -2.67. The molecule has 0 aliphatic heterocycles. The number of nitrogens with one attached hydrogen (secondary N) is 1. The molecule has 0 spiro atoms. The van der Waals surface area contributed by atoms with E-state index in [9.17, 15) is 9.59 Å². The summed E-state index contributed by atoms with van der Waals surface area (Å²) in [6.07, 6.45) is 0. The molecule has 1 amide bonds. The fraction of sp³-hybridized carbons (Fsp3) is 0.188. The number of anilines is 1. The molecule has 1 N–H and O–H groups in total. The van der Waals surface area contributed by atoms with Crippen LogP contribution in [0.1, 0.15) is 25.9 Å². The second kappa shape index (κ2) is 5.85. The van der Waals surface area contributed by atoms with E-state index in [1.165, 1.54) is 18.4 Å². The van der Waals surface area contributed by atoms with Gasteiger partial charge >= 0.3 is 5.97 Å². The third-order valence-corrected chi connectivity index (χ3v) is 4.70. The molecule has 0 aliphatic carbocycles. The quantitative estimate of drug-likeness (QED) is 0.750. The molecule has 3 rings (SSSR count). The first-order chi connectivity index (χ1) is 11.0. The Bertz CT molecular complexity index is 891. The maximum absolute atomic E-state index is 12.5. The number of amides is 1. The zero-order chi connectivity index (χ0) is 16.6. The normalized spacial score (nSPS) is 10.7. The van der Waals surface area contributed by atoms with Crippen molar-refractivity contribution in [3.8, 4) is 0 Å². The van der Waals surface area contributed by atoms with Crippen molar-refractivity contribution in [2.24, 2.45) is 7.05 Å². The third kappa shape index (κ3) is 2.70. The van der Waals surface area contributed by atoms with Gasteiger partial charge in [0, 0.05) is 22.8 Å². The predicted octanol–water partition coefficient (Wildman–Crippen LogP) is 2.98. The Morgan fingerprint density at radius 1 is 1.30 bits per heavy atom. The molecule has 6 nitrogen and oxygen atoms in total. The zero-order valence-electron chi connectivity index (χ0n) is 12.9.